The fourth-order valence-corrected chi connectivity index (χ4v) is 2.55. The lowest BCUT2D eigenvalue weighted by atomic mass is 9.85. The summed E-state index contributed by atoms with van der Waals surface area (Å²) in [6, 6.07) is -0.671. The van der Waals surface area contributed by atoms with Gasteiger partial charge in [0, 0.05) is 19.5 Å². The van der Waals surface area contributed by atoms with Crippen LogP contribution in [-0.4, -0.2) is 28.9 Å². The molecule has 1 unspecified atom stereocenters. The molecule has 1 saturated carbocycles. The SMILES string of the molecule is NC1C(=O)N(CC2CCC2)CCc2ncoc21. The van der Waals surface area contributed by atoms with Gasteiger partial charge < -0.3 is 15.1 Å². The van der Waals surface area contributed by atoms with Crippen LogP contribution in [0, 0.1) is 5.92 Å². The summed E-state index contributed by atoms with van der Waals surface area (Å²) < 4.78 is 5.23. The number of hydrogen-bond donors (Lipinski definition) is 1. The van der Waals surface area contributed by atoms with Gasteiger partial charge in [-0.3, -0.25) is 4.79 Å². The van der Waals surface area contributed by atoms with Crippen molar-refractivity contribution < 1.29 is 9.21 Å². The standard InChI is InChI=1S/C12H17N3O2/c13-10-11-9(14-7-17-11)4-5-15(12(10)16)6-8-2-1-3-8/h7-8,10H,1-6,13H2. The van der Waals surface area contributed by atoms with E-state index in [4.69, 9.17) is 10.2 Å². The summed E-state index contributed by atoms with van der Waals surface area (Å²) in [5, 5.41) is 0. The molecule has 5 heteroatoms. The van der Waals surface area contributed by atoms with Crippen LogP contribution in [0.25, 0.3) is 0 Å². The van der Waals surface area contributed by atoms with Crippen molar-refractivity contribution in [2.75, 3.05) is 13.1 Å². The highest BCUT2D eigenvalue weighted by molar-refractivity contribution is 5.83. The fourth-order valence-electron chi connectivity index (χ4n) is 2.55. The maximum absolute atomic E-state index is 12.2. The molecule has 0 saturated heterocycles. The Morgan fingerprint density at radius 2 is 2.35 bits per heavy atom. The van der Waals surface area contributed by atoms with Crippen LogP contribution in [0.5, 0.6) is 0 Å². The molecular formula is C12H17N3O2. The number of nitrogens with zero attached hydrogens (tertiary/aromatic N) is 2. The molecule has 0 bridgehead atoms. The lowest BCUT2D eigenvalue weighted by Gasteiger charge is -2.32. The first kappa shape index (κ1) is 10.8. The minimum atomic E-state index is -0.671. The van der Waals surface area contributed by atoms with Gasteiger partial charge in [0.25, 0.3) is 0 Å². The number of fused-ring (bicyclic) bond motifs is 1. The van der Waals surface area contributed by atoms with Crippen molar-refractivity contribution >= 4 is 5.91 Å². The number of nitrogens with two attached hydrogens (primary N) is 1. The van der Waals surface area contributed by atoms with E-state index in [1.54, 1.807) is 0 Å². The van der Waals surface area contributed by atoms with Gasteiger partial charge in [0.15, 0.2) is 12.2 Å². The van der Waals surface area contributed by atoms with E-state index in [-0.39, 0.29) is 5.91 Å². The average molecular weight is 235 g/mol. The maximum atomic E-state index is 12.2. The first-order chi connectivity index (χ1) is 8.25. The lowest BCUT2D eigenvalue weighted by Crippen LogP contribution is -2.41. The number of hydrogen-bond acceptors (Lipinski definition) is 4. The van der Waals surface area contributed by atoms with Crippen LogP contribution in [0.4, 0.5) is 0 Å². The van der Waals surface area contributed by atoms with Gasteiger partial charge in [-0.25, -0.2) is 4.98 Å². The van der Waals surface area contributed by atoms with Gasteiger partial charge in [-0.05, 0) is 18.8 Å². The van der Waals surface area contributed by atoms with Crippen LogP contribution in [0.3, 0.4) is 0 Å². The highest BCUT2D eigenvalue weighted by atomic mass is 16.3. The van der Waals surface area contributed by atoms with Crippen molar-refractivity contribution in [1.29, 1.82) is 0 Å². The zero-order valence-corrected chi connectivity index (χ0v) is 9.76. The van der Waals surface area contributed by atoms with Gasteiger partial charge >= 0.3 is 0 Å². The quantitative estimate of drug-likeness (QED) is 0.825. The molecule has 1 aliphatic carbocycles. The van der Waals surface area contributed by atoms with Gasteiger partial charge in [0.05, 0.1) is 5.69 Å². The van der Waals surface area contributed by atoms with Crippen molar-refractivity contribution in [3.63, 3.8) is 0 Å². The van der Waals surface area contributed by atoms with E-state index in [1.165, 1.54) is 25.7 Å². The predicted octanol–water partition coefficient (Wildman–Crippen LogP) is 0.859. The molecule has 1 aliphatic heterocycles. The molecule has 1 aromatic rings. The highest BCUT2D eigenvalue weighted by Gasteiger charge is 2.33. The second kappa shape index (κ2) is 4.14. The second-order valence-electron chi connectivity index (χ2n) is 4.97. The van der Waals surface area contributed by atoms with E-state index >= 15 is 0 Å². The van der Waals surface area contributed by atoms with Crippen molar-refractivity contribution in [3.8, 4) is 0 Å². The van der Waals surface area contributed by atoms with Crippen LogP contribution in [0.15, 0.2) is 10.8 Å². The molecule has 2 N–H and O–H groups in total. The van der Waals surface area contributed by atoms with Crippen LogP contribution in [0.1, 0.15) is 36.8 Å². The van der Waals surface area contributed by atoms with E-state index in [9.17, 15) is 4.79 Å². The molecule has 5 nitrogen and oxygen atoms in total. The number of carbonyl (C=O) groups is 1. The van der Waals surface area contributed by atoms with Gasteiger partial charge in [0.2, 0.25) is 5.91 Å². The molecule has 0 radical (unpaired) electrons. The third kappa shape index (κ3) is 1.84. The van der Waals surface area contributed by atoms with E-state index in [2.05, 4.69) is 4.98 Å². The Morgan fingerprint density at radius 3 is 3.06 bits per heavy atom. The molecule has 1 atom stereocenters. The summed E-state index contributed by atoms with van der Waals surface area (Å²) >= 11 is 0. The van der Waals surface area contributed by atoms with E-state index in [0.717, 1.165) is 18.7 Å². The topological polar surface area (TPSA) is 72.4 Å². The van der Waals surface area contributed by atoms with Crippen LogP contribution in [-0.2, 0) is 11.2 Å². The van der Waals surface area contributed by atoms with Crippen LogP contribution < -0.4 is 5.73 Å². The summed E-state index contributed by atoms with van der Waals surface area (Å²) in [5.41, 5.74) is 6.77. The highest BCUT2D eigenvalue weighted by Crippen LogP contribution is 2.29. The molecule has 2 aliphatic rings. The number of amides is 1. The molecule has 0 aromatic carbocycles. The van der Waals surface area contributed by atoms with Gasteiger partial charge in [0.1, 0.15) is 6.04 Å². The first-order valence-electron chi connectivity index (χ1n) is 6.22. The third-order valence-corrected chi connectivity index (χ3v) is 3.85. The summed E-state index contributed by atoms with van der Waals surface area (Å²) in [4.78, 5) is 18.2. The zero-order chi connectivity index (χ0) is 11.8. The summed E-state index contributed by atoms with van der Waals surface area (Å²) in [6.07, 6.45) is 5.89. The molecule has 92 valence electrons. The summed E-state index contributed by atoms with van der Waals surface area (Å²) in [6.45, 7) is 1.55. The van der Waals surface area contributed by atoms with Gasteiger partial charge in [-0.2, -0.15) is 0 Å². The van der Waals surface area contributed by atoms with Crippen molar-refractivity contribution in [2.45, 2.75) is 31.7 Å². The Bertz CT molecular complexity index is 425. The maximum Gasteiger partial charge on any atom is 0.247 e. The Hall–Kier alpha value is -1.36. The van der Waals surface area contributed by atoms with Gasteiger partial charge in [-0.15, -0.1) is 0 Å². The van der Waals surface area contributed by atoms with Crippen molar-refractivity contribution in [3.05, 3.63) is 17.8 Å². The molecule has 1 amide bonds. The molecule has 17 heavy (non-hydrogen) atoms. The van der Waals surface area contributed by atoms with Crippen molar-refractivity contribution in [1.82, 2.24) is 9.88 Å². The minimum Gasteiger partial charge on any atom is -0.446 e. The first-order valence-corrected chi connectivity index (χ1v) is 6.22. The Balaban J connectivity index is 1.76. The monoisotopic (exact) mass is 235 g/mol. The Labute approximate surface area is 100.0 Å². The summed E-state index contributed by atoms with van der Waals surface area (Å²) in [7, 11) is 0. The molecular weight excluding hydrogens is 218 g/mol. The smallest absolute Gasteiger partial charge is 0.247 e. The molecule has 1 fully saturated rings. The number of carbonyl (C=O) groups excluding carboxylic acids is 1. The van der Waals surface area contributed by atoms with Crippen LogP contribution in [0.2, 0.25) is 0 Å². The number of rotatable bonds is 2. The normalized spacial score (nSPS) is 25.4. The zero-order valence-electron chi connectivity index (χ0n) is 9.76. The minimum absolute atomic E-state index is 0.0209. The average Bonchev–Trinajstić information content (AvgIpc) is 2.69. The largest absolute Gasteiger partial charge is 0.446 e. The predicted molar refractivity (Wildman–Crippen MR) is 61.1 cm³/mol. The van der Waals surface area contributed by atoms with E-state index in [0.29, 0.717) is 18.2 Å². The van der Waals surface area contributed by atoms with E-state index < -0.39 is 6.04 Å². The molecule has 1 aromatic heterocycles. The van der Waals surface area contributed by atoms with Crippen LogP contribution >= 0.6 is 0 Å². The molecule has 3 rings (SSSR count). The van der Waals surface area contributed by atoms with Crippen molar-refractivity contribution in [2.24, 2.45) is 11.7 Å². The summed E-state index contributed by atoms with van der Waals surface area (Å²) in [5.74, 6) is 1.20. The molecule has 2 heterocycles. The number of oxazole rings is 1. The lowest BCUT2D eigenvalue weighted by molar-refractivity contribution is -0.133. The number of aromatic nitrogens is 1. The Kier molecular flexibility index (Phi) is 2.63. The van der Waals surface area contributed by atoms with E-state index in [1.807, 2.05) is 4.90 Å². The second-order valence-corrected chi connectivity index (χ2v) is 4.97. The Morgan fingerprint density at radius 1 is 1.53 bits per heavy atom. The molecule has 0 spiro atoms. The van der Waals surface area contributed by atoms with Gasteiger partial charge in [-0.1, -0.05) is 6.42 Å². The fraction of sp³-hybridized carbons (Fsp3) is 0.667. The third-order valence-electron chi connectivity index (χ3n) is 3.85.